The fourth-order valence-electron chi connectivity index (χ4n) is 11.2. The summed E-state index contributed by atoms with van der Waals surface area (Å²) in [6.45, 7) is 0. The van der Waals surface area contributed by atoms with Gasteiger partial charge in [-0.2, -0.15) is 0 Å². The molecule has 0 radical (unpaired) electrons. The molecule has 544 valence electrons. The molecule has 0 aliphatic rings. The molecule has 0 aliphatic heterocycles. The van der Waals surface area contributed by atoms with Gasteiger partial charge >= 0.3 is 34.1 Å². The molecule has 14 aromatic rings. The molecule has 0 aliphatic carbocycles. The second kappa shape index (κ2) is 39.1. The van der Waals surface area contributed by atoms with E-state index in [9.17, 15) is 0 Å². The van der Waals surface area contributed by atoms with E-state index >= 15 is 0 Å². The van der Waals surface area contributed by atoms with Gasteiger partial charge in [-0.05, 0) is 168 Å². The van der Waals surface area contributed by atoms with Crippen LogP contribution in [0, 0.1) is 20.5 Å². The van der Waals surface area contributed by atoms with Crippen molar-refractivity contribution in [3.8, 4) is 68.8 Å². The topological polar surface area (TPSA) is 299 Å². The van der Waals surface area contributed by atoms with Gasteiger partial charge in [0.25, 0.3) is 0 Å². The van der Waals surface area contributed by atoms with E-state index in [2.05, 4.69) is 239 Å². The quantitative estimate of drug-likeness (QED) is 0.0756. The van der Waals surface area contributed by atoms with Crippen LogP contribution in [0.3, 0.4) is 0 Å². The van der Waals surface area contributed by atoms with Crippen molar-refractivity contribution in [1.82, 2.24) is 20.4 Å². The Morgan fingerprint density at radius 1 is 0.236 bits per heavy atom. The molecule has 0 saturated heterocycles. The third kappa shape index (κ3) is 21.7. The van der Waals surface area contributed by atoms with Gasteiger partial charge < -0.3 is 27.8 Å². The number of rotatable bonds is 20. The Bertz CT molecular complexity index is 4240. The summed E-state index contributed by atoms with van der Waals surface area (Å²) in [4.78, 5) is 0. The largest absolute Gasteiger partial charge is 1.00 e. The van der Waals surface area contributed by atoms with E-state index in [1.54, 1.807) is 28.4 Å². The van der Waals surface area contributed by atoms with Crippen LogP contribution in [0.15, 0.2) is 324 Å². The average Bonchev–Trinajstić information content (AvgIpc) is 1.47. The predicted molar refractivity (Wildman–Crippen MR) is 391 cm³/mol. The van der Waals surface area contributed by atoms with Crippen LogP contribution in [-0.4, -0.2) is 48.8 Å². The third-order valence-electron chi connectivity index (χ3n) is 15.7. The summed E-state index contributed by atoms with van der Waals surface area (Å²) in [6, 6.07) is 109. The van der Waals surface area contributed by atoms with Crippen molar-refractivity contribution in [2.45, 2.75) is 0 Å². The van der Waals surface area contributed by atoms with Gasteiger partial charge in [-0.3, -0.25) is 0 Å². The van der Waals surface area contributed by atoms with Crippen molar-refractivity contribution >= 4 is 95.3 Å². The fourth-order valence-corrected chi connectivity index (χ4v) is 20.9. The zero-order valence-corrected chi connectivity index (χ0v) is 63.6. The van der Waals surface area contributed by atoms with E-state index in [1.807, 2.05) is 97.1 Å². The maximum atomic E-state index is 8.49. The zero-order valence-electron chi connectivity index (χ0n) is 56.7. The monoisotopic (exact) mass is 1620 g/mol. The molecule has 26 heteroatoms. The summed E-state index contributed by atoms with van der Waals surface area (Å²) in [6.07, 6.45) is 0. The van der Waals surface area contributed by atoms with Crippen LogP contribution in [-0.2, 0) is 34.1 Å². The van der Waals surface area contributed by atoms with Crippen molar-refractivity contribution in [1.29, 1.82) is 0 Å². The molecule has 0 bridgehead atoms. The van der Waals surface area contributed by atoms with Crippen LogP contribution in [0.1, 0.15) is 0 Å². The van der Waals surface area contributed by atoms with Gasteiger partial charge in [0.2, 0.25) is 23.6 Å². The summed E-state index contributed by atoms with van der Waals surface area (Å²) < 4.78 is 104. The summed E-state index contributed by atoms with van der Waals surface area (Å²) in [5.41, 5.74) is 3.39. The molecule has 0 fully saturated rings. The smallest absolute Gasteiger partial charge is 0.497 e. The molecule has 0 N–H and O–H groups in total. The van der Waals surface area contributed by atoms with Crippen molar-refractivity contribution in [3.63, 3.8) is 0 Å². The number of hydrogen-bond donors (Lipinski definition) is 0. The van der Waals surface area contributed by atoms with Crippen molar-refractivity contribution in [2.24, 2.45) is 0 Å². The molecule has 0 spiro atoms. The summed E-state index contributed by atoms with van der Waals surface area (Å²) >= 11 is 0. The Morgan fingerprint density at radius 2 is 0.377 bits per heavy atom. The molecule has 14 rings (SSSR count). The number of nitrogens with zero attached hydrogens (tertiary/aromatic N) is 4. The molecule has 0 atom stereocenters. The van der Waals surface area contributed by atoms with Gasteiger partial charge in [-0.25, -0.2) is 37.3 Å². The van der Waals surface area contributed by atoms with E-state index in [0.717, 1.165) is 66.5 Å². The minimum atomic E-state index is -4.94. The molecule has 2 aromatic heterocycles. The van der Waals surface area contributed by atoms with Gasteiger partial charge in [-0.15, -0.1) is 40.9 Å². The van der Waals surface area contributed by atoms with Crippen LogP contribution < -0.4 is 120 Å². The first-order valence-electron chi connectivity index (χ1n) is 31.7. The maximum Gasteiger partial charge on any atom is 1.00 e. The normalized spacial score (nSPS) is 11.0. The van der Waals surface area contributed by atoms with E-state index in [4.69, 9.17) is 65.1 Å². The number of methoxy groups -OCH3 is 4. The minimum Gasteiger partial charge on any atom is -0.497 e. The number of aromatic nitrogens is 4. The summed E-state index contributed by atoms with van der Waals surface area (Å²) in [7, 11) is -6.94. The molecule has 2 heterocycles. The molecule has 106 heavy (non-hydrogen) atoms. The van der Waals surface area contributed by atoms with Crippen molar-refractivity contribution in [3.05, 3.63) is 315 Å². The van der Waals surface area contributed by atoms with Crippen molar-refractivity contribution in [2.75, 3.05) is 28.4 Å². The molecule has 0 unspecified atom stereocenters. The number of ether oxygens (including phenoxy) is 4. The van der Waals surface area contributed by atoms with E-state index in [-0.39, 0.29) is 34.1 Å². The molecule has 0 saturated carbocycles. The molecule has 12 aromatic carbocycles. The molecular formula is C80H64Cl2Cu2N4O14P4. The first-order valence-corrected chi connectivity index (χ1v) is 39.6. The van der Waals surface area contributed by atoms with Crippen molar-refractivity contribution < 1.29 is 120 Å². The Balaban J connectivity index is 0.000000214. The first kappa shape index (κ1) is 81.2. The maximum absolute atomic E-state index is 8.49. The van der Waals surface area contributed by atoms with Crippen LogP contribution in [0.2, 0.25) is 0 Å². The molecular weight excluding hydrogens is 1560 g/mol. The van der Waals surface area contributed by atoms with Gasteiger partial charge in [0, 0.05) is 0 Å². The summed E-state index contributed by atoms with van der Waals surface area (Å²) in [5, 5.41) is 32.9. The van der Waals surface area contributed by atoms with E-state index in [1.165, 1.54) is 42.4 Å². The van der Waals surface area contributed by atoms with E-state index < -0.39 is 52.2 Å². The van der Waals surface area contributed by atoms with Crippen LogP contribution in [0.25, 0.3) is 45.8 Å². The second-order valence-corrected chi connectivity index (χ2v) is 32.4. The number of benzene rings is 12. The van der Waals surface area contributed by atoms with Crippen LogP contribution >= 0.6 is 31.7 Å². The van der Waals surface area contributed by atoms with Crippen LogP contribution in [0.5, 0.6) is 23.0 Å². The Morgan fingerprint density at radius 3 is 0.509 bits per heavy atom. The molecule has 18 nitrogen and oxygen atoms in total. The first-order chi connectivity index (χ1) is 50.5. The van der Waals surface area contributed by atoms with Gasteiger partial charge in [0.05, 0.1) is 50.7 Å². The average molecular weight is 1630 g/mol. The number of hydrogen-bond acceptors (Lipinski definition) is 18. The third-order valence-corrected chi connectivity index (χ3v) is 25.7. The number of halogens is 2. The Hall–Kier alpha value is -8.86. The van der Waals surface area contributed by atoms with Gasteiger partial charge in [0.15, 0.2) is 0 Å². The summed E-state index contributed by atoms with van der Waals surface area (Å²) in [5.74, 6) is 4.63. The van der Waals surface area contributed by atoms with Gasteiger partial charge in [0.1, 0.15) is 23.0 Å². The predicted octanol–water partition coefficient (Wildman–Crippen LogP) is 4.36. The SMILES string of the molecule is COc1ccc(P(c2ccccc2)c2ccccc2)c(-c2nnc(-c3cc(OC)ccc3P(c3ccccc3)c3ccccc3)o2)c1.COc1ccc(P(c2ccccc2)c2ccccc2)c(-c2nnc(-c3cc(OC)ccc3P(c3ccccc3)c3ccccc3)o2)c1.[Cu+].[Cu+].[O-][Cl+3]([O-])([O-])[O-].[O-][Cl+3]([O-])([O-])[O-]. The zero-order chi connectivity index (χ0) is 73.0. The minimum absolute atomic E-state index is 0. The fraction of sp³-hybridized carbons (Fsp3) is 0.0500. The van der Waals surface area contributed by atoms with Gasteiger partial charge in [-0.1, -0.05) is 243 Å². The molecule has 0 amide bonds. The van der Waals surface area contributed by atoms with E-state index in [0.29, 0.717) is 23.6 Å². The Labute approximate surface area is 643 Å². The Kier molecular flexibility index (Phi) is 30.0. The van der Waals surface area contributed by atoms with Crippen LogP contribution in [0.4, 0.5) is 0 Å². The standard InChI is InChI=1S/2C40H32N2O3P2.2ClHO4.2Cu/c2*1-43-29-23-25-37(46(31-15-7-3-8-16-31)32-17-9-4-10-18-32)35(27-29)39-41-42-40(45-39)36-28-30(44-2)24-26-38(36)47(33-19-11-5-12-20-33)34-21-13-6-14-22-34;2*2-1(3,4)5;;/h2*3-28H,1-2H3;2*(H,2,3,4,5);;/q;;;;2*+1/p-2. The second-order valence-electron chi connectivity index (χ2n) is 22.1.